The van der Waals surface area contributed by atoms with Crippen molar-refractivity contribution in [1.29, 1.82) is 0 Å². The highest BCUT2D eigenvalue weighted by atomic mass is 79.9. The number of aromatic nitrogens is 2. The highest BCUT2D eigenvalue weighted by Crippen LogP contribution is 2.24. The van der Waals surface area contributed by atoms with Crippen LogP contribution in [0, 0.1) is 13.8 Å². The molecule has 0 atom stereocenters. The molecule has 0 spiro atoms. The van der Waals surface area contributed by atoms with E-state index in [-0.39, 0.29) is 0 Å². The summed E-state index contributed by atoms with van der Waals surface area (Å²) in [6.07, 6.45) is 0. The lowest BCUT2D eigenvalue weighted by Crippen LogP contribution is -2.02. The molecule has 0 bridgehead atoms. The number of nitrogens with one attached hydrogen (secondary N) is 2. The van der Waals surface area contributed by atoms with Crippen LogP contribution in [0.3, 0.4) is 0 Å². The molecule has 0 unspecified atom stereocenters. The van der Waals surface area contributed by atoms with Crippen molar-refractivity contribution in [3.63, 3.8) is 0 Å². The first-order valence-electron chi connectivity index (χ1n) is 7.83. The molecule has 3 rings (SSSR count). The number of rotatable bonds is 5. The maximum atomic E-state index is 5.17. The molecule has 2 aromatic carbocycles. The monoisotopic (exact) mass is 398 g/mol. The van der Waals surface area contributed by atoms with E-state index in [1.807, 2.05) is 62.4 Å². The Morgan fingerprint density at radius 2 is 1.60 bits per heavy atom. The van der Waals surface area contributed by atoms with E-state index >= 15 is 0 Å². The summed E-state index contributed by atoms with van der Waals surface area (Å²) in [5.41, 5.74) is 3.92. The van der Waals surface area contributed by atoms with E-state index in [0.717, 1.165) is 33.1 Å². The maximum Gasteiger partial charge on any atom is 0.229 e. The Hall–Kier alpha value is -2.60. The summed E-state index contributed by atoms with van der Waals surface area (Å²) in [4.78, 5) is 8.99. The van der Waals surface area contributed by atoms with E-state index in [4.69, 9.17) is 4.74 Å². The van der Waals surface area contributed by atoms with Gasteiger partial charge in [-0.2, -0.15) is 4.98 Å². The van der Waals surface area contributed by atoms with E-state index < -0.39 is 0 Å². The van der Waals surface area contributed by atoms with E-state index in [1.165, 1.54) is 5.56 Å². The lowest BCUT2D eigenvalue weighted by atomic mass is 10.2. The summed E-state index contributed by atoms with van der Waals surface area (Å²) in [5, 5.41) is 6.53. The molecule has 5 nitrogen and oxygen atoms in total. The van der Waals surface area contributed by atoms with Gasteiger partial charge in [0.1, 0.15) is 11.6 Å². The summed E-state index contributed by atoms with van der Waals surface area (Å²) in [5.74, 6) is 2.09. The van der Waals surface area contributed by atoms with E-state index in [1.54, 1.807) is 7.11 Å². The molecule has 0 aliphatic carbocycles. The number of ether oxygens (including phenoxy) is 1. The fourth-order valence-corrected chi connectivity index (χ4v) is 2.69. The van der Waals surface area contributed by atoms with Crippen LogP contribution < -0.4 is 15.4 Å². The van der Waals surface area contributed by atoms with Crippen LogP contribution >= 0.6 is 15.9 Å². The molecule has 0 saturated carbocycles. The number of halogens is 1. The minimum Gasteiger partial charge on any atom is -0.497 e. The Morgan fingerprint density at radius 1 is 0.880 bits per heavy atom. The number of anilines is 4. The first-order valence-corrected chi connectivity index (χ1v) is 8.63. The van der Waals surface area contributed by atoms with Crippen molar-refractivity contribution in [2.45, 2.75) is 13.8 Å². The predicted octanol–water partition coefficient (Wildman–Crippen LogP) is 5.35. The van der Waals surface area contributed by atoms with Gasteiger partial charge in [0.05, 0.1) is 7.11 Å². The van der Waals surface area contributed by atoms with Gasteiger partial charge >= 0.3 is 0 Å². The number of nitrogens with zero attached hydrogens (tertiary/aromatic N) is 2. The number of hydrogen-bond donors (Lipinski definition) is 2. The molecule has 1 aromatic heterocycles. The average molecular weight is 399 g/mol. The number of methoxy groups -OCH3 is 1. The quantitative estimate of drug-likeness (QED) is 0.606. The second-order valence-corrected chi connectivity index (χ2v) is 6.51. The molecule has 3 aromatic rings. The fraction of sp³-hybridized carbons (Fsp3) is 0.158. The molecule has 6 heteroatoms. The largest absolute Gasteiger partial charge is 0.497 e. The summed E-state index contributed by atoms with van der Waals surface area (Å²) >= 11 is 3.54. The summed E-state index contributed by atoms with van der Waals surface area (Å²) in [7, 11) is 1.65. The van der Waals surface area contributed by atoms with E-state index in [2.05, 4.69) is 36.5 Å². The Labute approximate surface area is 155 Å². The molecular weight excluding hydrogens is 380 g/mol. The zero-order valence-electron chi connectivity index (χ0n) is 14.3. The first-order chi connectivity index (χ1) is 12.0. The zero-order valence-corrected chi connectivity index (χ0v) is 15.9. The molecule has 0 radical (unpaired) electrons. The number of benzene rings is 2. The molecular formula is C19H19BrN4O. The van der Waals surface area contributed by atoms with Crippen LogP contribution in [0.1, 0.15) is 11.3 Å². The van der Waals surface area contributed by atoms with Crippen LogP contribution in [0.4, 0.5) is 23.1 Å². The SMILES string of the molecule is COc1ccc(Nc2cc(C)nc(Nc3ccc(C)c(Br)c3)n2)cc1. The molecule has 128 valence electrons. The van der Waals surface area contributed by atoms with Crippen molar-refractivity contribution in [1.82, 2.24) is 9.97 Å². The van der Waals surface area contributed by atoms with Crippen LogP contribution in [0.25, 0.3) is 0 Å². The van der Waals surface area contributed by atoms with Crippen LogP contribution in [-0.4, -0.2) is 17.1 Å². The van der Waals surface area contributed by atoms with Crippen molar-refractivity contribution < 1.29 is 4.74 Å². The van der Waals surface area contributed by atoms with Gasteiger partial charge in [-0.1, -0.05) is 22.0 Å². The predicted molar refractivity (Wildman–Crippen MR) is 105 cm³/mol. The van der Waals surface area contributed by atoms with Crippen LogP contribution in [0.15, 0.2) is 53.0 Å². The minimum absolute atomic E-state index is 0.548. The van der Waals surface area contributed by atoms with E-state index in [9.17, 15) is 0 Å². The summed E-state index contributed by atoms with van der Waals surface area (Å²) < 4.78 is 6.22. The average Bonchev–Trinajstić information content (AvgIpc) is 2.58. The zero-order chi connectivity index (χ0) is 17.8. The first kappa shape index (κ1) is 17.2. The third kappa shape index (κ3) is 4.48. The van der Waals surface area contributed by atoms with Crippen molar-refractivity contribution in [2.24, 2.45) is 0 Å². The third-order valence-electron chi connectivity index (χ3n) is 3.64. The van der Waals surface area contributed by atoms with Crippen LogP contribution in [0.2, 0.25) is 0 Å². The van der Waals surface area contributed by atoms with Gasteiger partial charge < -0.3 is 15.4 Å². The maximum absolute atomic E-state index is 5.17. The van der Waals surface area contributed by atoms with Gasteiger partial charge in [-0.15, -0.1) is 0 Å². The normalized spacial score (nSPS) is 10.4. The van der Waals surface area contributed by atoms with Gasteiger partial charge in [0.2, 0.25) is 5.95 Å². The van der Waals surface area contributed by atoms with Gasteiger partial charge in [0.25, 0.3) is 0 Å². The second-order valence-electron chi connectivity index (χ2n) is 5.66. The number of hydrogen-bond acceptors (Lipinski definition) is 5. The standard InChI is InChI=1S/C19H19BrN4O/c1-12-4-5-15(11-17(12)20)23-19-21-13(2)10-18(24-19)22-14-6-8-16(25-3)9-7-14/h4-11H,1-3H3,(H2,21,22,23,24). The van der Waals surface area contributed by atoms with Gasteiger partial charge in [0.15, 0.2) is 0 Å². The van der Waals surface area contributed by atoms with Crippen molar-refractivity contribution in [2.75, 3.05) is 17.7 Å². The second kappa shape index (κ2) is 7.53. The molecule has 0 aliphatic heterocycles. The van der Waals surface area contributed by atoms with Crippen molar-refractivity contribution in [3.05, 3.63) is 64.3 Å². The lowest BCUT2D eigenvalue weighted by Gasteiger charge is -2.11. The molecule has 0 saturated heterocycles. The van der Waals surface area contributed by atoms with E-state index in [0.29, 0.717) is 5.95 Å². The molecule has 2 N–H and O–H groups in total. The molecule has 0 fully saturated rings. The van der Waals surface area contributed by atoms with Gasteiger partial charge in [-0.05, 0) is 55.8 Å². The van der Waals surface area contributed by atoms with Crippen LogP contribution in [0.5, 0.6) is 5.75 Å². The smallest absolute Gasteiger partial charge is 0.229 e. The molecule has 25 heavy (non-hydrogen) atoms. The van der Waals surface area contributed by atoms with Crippen molar-refractivity contribution >= 4 is 39.1 Å². The topological polar surface area (TPSA) is 59.1 Å². The molecule has 1 heterocycles. The summed E-state index contributed by atoms with van der Waals surface area (Å²) in [6.45, 7) is 3.99. The van der Waals surface area contributed by atoms with Gasteiger partial charge in [-0.3, -0.25) is 0 Å². The Balaban J connectivity index is 1.80. The van der Waals surface area contributed by atoms with Crippen molar-refractivity contribution in [3.8, 4) is 5.75 Å². The Bertz CT molecular complexity index is 881. The highest BCUT2D eigenvalue weighted by Gasteiger charge is 2.05. The van der Waals surface area contributed by atoms with Gasteiger partial charge in [-0.25, -0.2) is 4.98 Å². The highest BCUT2D eigenvalue weighted by molar-refractivity contribution is 9.10. The minimum atomic E-state index is 0.548. The molecule has 0 amide bonds. The Kier molecular flexibility index (Phi) is 5.19. The number of aryl methyl sites for hydroxylation is 2. The lowest BCUT2D eigenvalue weighted by molar-refractivity contribution is 0.415. The van der Waals surface area contributed by atoms with Gasteiger partial charge in [0, 0.05) is 27.6 Å². The summed E-state index contributed by atoms with van der Waals surface area (Å²) in [6, 6.07) is 15.7. The third-order valence-corrected chi connectivity index (χ3v) is 4.50. The molecule has 0 aliphatic rings. The fourth-order valence-electron chi connectivity index (χ4n) is 2.31. The Morgan fingerprint density at radius 3 is 2.28 bits per heavy atom. The van der Waals surface area contributed by atoms with Crippen LogP contribution in [-0.2, 0) is 0 Å².